The lowest BCUT2D eigenvalue weighted by Gasteiger charge is -1.85. The normalized spacial score (nSPS) is 24.1. The maximum Gasteiger partial charge on any atom is 0.151 e. The molecule has 0 bridgehead atoms. The molecule has 0 aromatic carbocycles. The molecule has 16 heavy (non-hydrogen) atoms. The molecular formula is C10H18O6. The van der Waals surface area contributed by atoms with Crippen LogP contribution in [-0.4, -0.2) is 61.4 Å². The van der Waals surface area contributed by atoms with E-state index in [9.17, 15) is 9.59 Å². The second kappa shape index (κ2) is 10.7. The van der Waals surface area contributed by atoms with Crippen LogP contribution in [0.5, 0.6) is 0 Å². The van der Waals surface area contributed by atoms with Gasteiger partial charge in [-0.15, -0.1) is 0 Å². The van der Waals surface area contributed by atoms with Gasteiger partial charge < -0.3 is 29.3 Å². The van der Waals surface area contributed by atoms with Gasteiger partial charge in [0.15, 0.2) is 12.6 Å². The van der Waals surface area contributed by atoms with Crippen LogP contribution in [0.25, 0.3) is 0 Å². The van der Waals surface area contributed by atoms with Crippen LogP contribution in [0.1, 0.15) is 12.8 Å². The van der Waals surface area contributed by atoms with Crippen LogP contribution in [0.2, 0.25) is 0 Å². The molecule has 0 aromatic rings. The van der Waals surface area contributed by atoms with Gasteiger partial charge in [-0.1, -0.05) is 0 Å². The van der Waals surface area contributed by atoms with Crippen LogP contribution in [0.4, 0.5) is 0 Å². The summed E-state index contributed by atoms with van der Waals surface area (Å²) in [6, 6.07) is 0. The Hall–Kier alpha value is -0.820. The Kier molecular flexibility index (Phi) is 10.1. The van der Waals surface area contributed by atoms with E-state index in [2.05, 4.69) is 9.47 Å². The van der Waals surface area contributed by atoms with E-state index in [-0.39, 0.29) is 25.4 Å². The molecule has 2 unspecified atom stereocenters. The minimum Gasteiger partial charge on any atom is -0.396 e. The van der Waals surface area contributed by atoms with Gasteiger partial charge in [0.25, 0.3) is 0 Å². The number of hydrogen-bond acceptors (Lipinski definition) is 6. The van der Waals surface area contributed by atoms with Crippen LogP contribution >= 0.6 is 0 Å². The van der Waals surface area contributed by atoms with Crippen molar-refractivity contribution >= 4 is 12.6 Å². The fraction of sp³-hybridized carbons (Fsp3) is 0.800. The number of hydrogen-bond donors (Lipinski definition) is 2. The summed E-state index contributed by atoms with van der Waals surface area (Å²) in [6.45, 7) is 1.67. The van der Waals surface area contributed by atoms with Gasteiger partial charge >= 0.3 is 0 Å². The molecule has 0 aromatic heterocycles. The molecule has 6 nitrogen and oxygen atoms in total. The van der Waals surface area contributed by atoms with E-state index in [1.54, 1.807) is 0 Å². The smallest absolute Gasteiger partial charge is 0.151 e. The van der Waals surface area contributed by atoms with Crippen LogP contribution in [0.3, 0.4) is 0 Å². The highest BCUT2D eigenvalue weighted by molar-refractivity contribution is 5.59. The van der Waals surface area contributed by atoms with E-state index in [4.69, 9.17) is 10.2 Å². The highest BCUT2D eigenvalue weighted by Gasteiger charge is 2.20. The Balaban J connectivity index is 0.000000211. The van der Waals surface area contributed by atoms with Crippen molar-refractivity contribution in [3.8, 4) is 0 Å². The average molecular weight is 234 g/mol. The van der Waals surface area contributed by atoms with Gasteiger partial charge in [-0.2, -0.15) is 0 Å². The summed E-state index contributed by atoms with van der Waals surface area (Å²) in [5, 5.41) is 16.2. The van der Waals surface area contributed by atoms with E-state index in [0.29, 0.717) is 13.2 Å². The van der Waals surface area contributed by atoms with E-state index in [0.717, 1.165) is 25.4 Å². The van der Waals surface area contributed by atoms with Gasteiger partial charge in [0, 0.05) is 13.2 Å². The molecule has 0 amide bonds. The summed E-state index contributed by atoms with van der Waals surface area (Å²) in [5.41, 5.74) is 0. The van der Waals surface area contributed by atoms with Crippen molar-refractivity contribution in [2.75, 3.05) is 26.4 Å². The van der Waals surface area contributed by atoms with Gasteiger partial charge in [-0.05, 0) is 12.8 Å². The molecule has 2 atom stereocenters. The summed E-state index contributed by atoms with van der Waals surface area (Å²) < 4.78 is 8.98. The first-order valence-corrected chi connectivity index (χ1v) is 5.14. The largest absolute Gasteiger partial charge is 0.396 e. The first-order valence-electron chi connectivity index (χ1n) is 5.14. The minimum atomic E-state index is -0.0463. The van der Waals surface area contributed by atoms with Gasteiger partial charge in [0.1, 0.15) is 12.2 Å². The Morgan fingerprint density at radius 1 is 0.938 bits per heavy atom. The highest BCUT2D eigenvalue weighted by Crippen LogP contribution is 2.02. The predicted octanol–water partition coefficient (Wildman–Crippen LogP) is -1.08. The van der Waals surface area contributed by atoms with Crippen LogP contribution < -0.4 is 0 Å². The summed E-state index contributed by atoms with van der Waals surface area (Å²) in [6.07, 6.45) is 2.96. The molecule has 2 N–H and O–H groups in total. The van der Waals surface area contributed by atoms with Crippen molar-refractivity contribution in [3.63, 3.8) is 0 Å². The molecule has 0 spiro atoms. The van der Waals surface area contributed by atoms with Crippen molar-refractivity contribution in [2.45, 2.75) is 25.0 Å². The van der Waals surface area contributed by atoms with E-state index >= 15 is 0 Å². The molecule has 2 saturated heterocycles. The number of aliphatic hydroxyl groups excluding tert-OH is 2. The number of aliphatic hydroxyl groups is 2. The second-order valence-corrected chi connectivity index (χ2v) is 3.17. The minimum absolute atomic E-state index is 0.0463. The van der Waals surface area contributed by atoms with E-state index in [1.807, 2.05) is 0 Å². The quantitative estimate of drug-likeness (QED) is 0.356. The van der Waals surface area contributed by atoms with Crippen LogP contribution in [0, 0.1) is 0 Å². The Labute approximate surface area is 94.2 Å². The zero-order valence-electron chi connectivity index (χ0n) is 9.08. The first kappa shape index (κ1) is 15.2. The third-order valence-electron chi connectivity index (χ3n) is 1.59. The zero-order chi connectivity index (χ0) is 12.2. The van der Waals surface area contributed by atoms with E-state index < -0.39 is 0 Å². The molecular weight excluding hydrogens is 216 g/mol. The van der Waals surface area contributed by atoms with E-state index in [1.165, 1.54) is 0 Å². The first-order chi connectivity index (χ1) is 7.78. The molecule has 2 fully saturated rings. The fourth-order valence-electron chi connectivity index (χ4n) is 0.492. The number of ether oxygens (including phenoxy) is 2. The number of aldehydes is 2. The molecule has 0 aliphatic carbocycles. The molecule has 2 aliphatic rings. The molecule has 2 rings (SSSR count). The van der Waals surface area contributed by atoms with Crippen molar-refractivity contribution in [1.82, 2.24) is 0 Å². The maximum atomic E-state index is 9.44. The zero-order valence-corrected chi connectivity index (χ0v) is 9.08. The monoisotopic (exact) mass is 234 g/mol. The Morgan fingerprint density at radius 2 is 1.25 bits per heavy atom. The van der Waals surface area contributed by atoms with Crippen LogP contribution in [0.15, 0.2) is 0 Å². The lowest BCUT2D eigenvalue weighted by molar-refractivity contribution is -0.109. The molecule has 94 valence electrons. The number of unbranched alkanes of at least 4 members (excludes halogenated alkanes) is 1. The fourth-order valence-corrected chi connectivity index (χ4v) is 0.492. The van der Waals surface area contributed by atoms with Gasteiger partial charge in [-0.3, -0.25) is 0 Å². The molecule has 0 radical (unpaired) electrons. The Morgan fingerprint density at radius 3 is 1.31 bits per heavy atom. The summed E-state index contributed by atoms with van der Waals surface area (Å²) in [4.78, 5) is 18.9. The summed E-state index contributed by atoms with van der Waals surface area (Å²) in [5.74, 6) is 0. The number of carbonyl (C=O) groups is 2. The molecule has 0 saturated carbocycles. The third-order valence-corrected chi connectivity index (χ3v) is 1.59. The number of carbonyl (C=O) groups excluding carboxylic acids is 2. The number of epoxide rings is 2. The van der Waals surface area contributed by atoms with Crippen molar-refractivity contribution < 1.29 is 29.3 Å². The summed E-state index contributed by atoms with van der Waals surface area (Å²) in [7, 11) is 0. The van der Waals surface area contributed by atoms with Gasteiger partial charge in [0.2, 0.25) is 0 Å². The third kappa shape index (κ3) is 13.2. The van der Waals surface area contributed by atoms with Crippen molar-refractivity contribution in [3.05, 3.63) is 0 Å². The molecule has 6 heteroatoms. The van der Waals surface area contributed by atoms with Crippen molar-refractivity contribution in [1.29, 1.82) is 0 Å². The molecule has 2 heterocycles. The Bertz CT molecular complexity index is 156. The second-order valence-electron chi connectivity index (χ2n) is 3.17. The lowest BCUT2D eigenvalue weighted by Crippen LogP contribution is -1.85. The highest BCUT2D eigenvalue weighted by atomic mass is 16.6. The summed E-state index contributed by atoms with van der Waals surface area (Å²) >= 11 is 0. The van der Waals surface area contributed by atoms with Gasteiger partial charge in [0.05, 0.1) is 13.2 Å². The molecule has 2 aliphatic heterocycles. The number of rotatable bonds is 5. The van der Waals surface area contributed by atoms with Crippen molar-refractivity contribution in [2.24, 2.45) is 0 Å². The topological polar surface area (TPSA) is 99.7 Å². The maximum absolute atomic E-state index is 9.44. The average Bonchev–Trinajstić information content (AvgIpc) is 3.22. The standard InChI is InChI=1S/C4H10O2.2C3H4O2/c5-3-1-2-4-6;2*4-1-3-2-5-3/h5-6H,1-4H2;2*1,3H,2H2. The SMILES string of the molecule is O=CC1CO1.O=CC1CO1.OCCCCO. The lowest BCUT2D eigenvalue weighted by atomic mass is 10.3. The van der Waals surface area contributed by atoms with Crippen LogP contribution in [-0.2, 0) is 19.1 Å². The predicted molar refractivity (Wildman–Crippen MR) is 55.0 cm³/mol. The van der Waals surface area contributed by atoms with Gasteiger partial charge in [-0.25, -0.2) is 0 Å².